The molecule has 9 nitrogen and oxygen atoms in total. The SMILES string of the molecule is COc1ccc([Si](C)(C)[C@H]2[C@H](CC(=O)N3CCC[C@H]3CO)O[C@@]3(C(=O)N(c4ccccc4)c4ccc(N(C=O)c5ccccc5)cc43)[C@@H]2C)cc1. The number of hydrogen-bond acceptors (Lipinski definition) is 6. The van der Waals surface area contributed by atoms with E-state index in [1.165, 1.54) is 5.19 Å². The number of benzene rings is 4. The van der Waals surface area contributed by atoms with Crippen LogP contribution in [-0.4, -0.2) is 68.7 Å². The van der Waals surface area contributed by atoms with Gasteiger partial charge in [0.05, 0.1) is 46.0 Å². The summed E-state index contributed by atoms with van der Waals surface area (Å²) in [5.41, 5.74) is 1.80. The fourth-order valence-corrected chi connectivity index (χ4v) is 12.9. The van der Waals surface area contributed by atoms with Crippen LogP contribution < -0.4 is 19.7 Å². The molecule has 7 rings (SSSR count). The van der Waals surface area contributed by atoms with Crippen LogP contribution in [0, 0.1) is 5.92 Å². The van der Waals surface area contributed by atoms with Crippen molar-refractivity contribution in [1.29, 1.82) is 0 Å². The minimum absolute atomic E-state index is 0.0686. The maximum atomic E-state index is 15.3. The summed E-state index contributed by atoms with van der Waals surface area (Å²) >= 11 is 0. The number of likely N-dealkylation sites (tertiary alicyclic amines) is 1. The number of anilines is 4. The van der Waals surface area contributed by atoms with Crippen molar-refractivity contribution < 1.29 is 29.0 Å². The van der Waals surface area contributed by atoms with E-state index in [0.29, 0.717) is 34.9 Å². The van der Waals surface area contributed by atoms with Crippen LogP contribution in [0.2, 0.25) is 18.6 Å². The molecule has 51 heavy (non-hydrogen) atoms. The Morgan fingerprint density at radius 3 is 2.33 bits per heavy atom. The van der Waals surface area contributed by atoms with Crippen molar-refractivity contribution in [3.63, 3.8) is 0 Å². The number of fused-ring (bicyclic) bond motifs is 2. The molecule has 10 heteroatoms. The van der Waals surface area contributed by atoms with Crippen LogP contribution in [0.3, 0.4) is 0 Å². The van der Waals surface area contributed by atoms with E-state index in [1.54, 1.807) is 21.8 Å². The minimum atomic E-state index is -2.52. The number of carbonyl (C=O) groups excluding carboxylic acids is 3. The predicted octanol–water partition coefficient (Wildman–Crippen LogP) is 6.26. The molecule has 2 saturated heterocycles. The Morgan fingerprint density at radius 1 is 1.00 bits per heavy atom. The van der Waals surface area contributed by atoms with Gasteiger partial charge in [-0.2, -0.15) is 0 Å². The van der Waals surface area contributed by atoms with Gasteiger partial charge in [0.15, 0.2) is 5.60 Å². The minimum Gasteiger partial charge on any atom is -0.497 e. The van der Waals surface area contributed by atoms with E-state index in [0.717, 1.165) is 25.0 Å². The molecule has 264 valence electrons. The molecule has 4 aromatic carbocycles. The molecule has 0 unspecified atom stereocenters. The first kappa shape index (κ1) is 34.7. The molecular weight excluding hydrogens is 659 g/mol. The number of carbonyl (C=O) groups is 3. The van der Waals surface area contributed by atoms with Crippen molar-refractivity contribution in [1.82, 2.24) is 4.90 Å². The highest BCUT2D eigenvalue weighted by molar-refractivity contribution is 6.91. The summed E-state index contributed by atoms with van der Waals surface area (Å²) in [6.45, 7) is 7.18. The zero-order valence-electron chi connectivity index (χ0n) is 29.6. The van der Waals surface area contributed by atoms with Gasteiger partial charge in [-0.15, -0.1) is 0 Å². The Bertz CT molecular complexity index is 1910. The van der Waals surface area contributed by atoms with Crippen LogP contribution in [0.15, 0.2) is 103 Å². The van der Waals surface area contributed by atoms with Crippen LogP contribution in [0.4, 0.5) is 22.7 Å². The number of ether oxygens (including phenoxy) is 2. The Hall–Kier alpha value is -4.77. The summed E-state index contributed by atoms with van der Waals surface area (Å²) < 4.78 is 12.7. The van der Waals surface area contributed by atoms with E-state index in [-0.39, 0.29) is 42.3 Å². The van der Waals surface area contributed by atoms with Gasteiger partial charge in [-0.05, 0) is 73.0 Å². The van der Waals surface area contributed by atoms with Gasteiger partial charge in [0.25, 0.3) is 5.91 Å². The van der Waals surface area contributed by atoms with E-state index >= 15 is 4.79 Å². The largest absolute Gasteiger partial charge is 0.497 e. The molecular formula is C41H45N3O6Si. The third-order valence-electron chi connectivity index (χ3n) is 11.4. The average molecular weight is 704 g/mol. The second-order valence-electron chi connectivity index (χ2n) is 14.4. The van der Waals surface area contributed by atoms with Gasteiger partial charge in [0, 0.05) is 35.1 Å². The molecule has 0 bridgehead atoms. The normalized spacial score (nSPS) is 24.2. The quantitative estimate of drug-likeness (QED) is 0.155. The standard InChI is InChI=1S/C41H45N3O6Si/c1-28-39(51(3,4)34-20-18-33(49-2)19-21-34)37(25-38(47)42-23-11-16-32(42)26-45)50-41(28)35-24-31(43(27-46)29-12-7-5-8-13-29)17-22-36(35)44(40(41)48)30-14-9-6-10-15-30/h5-10,12-15,17-22,24,27-28,32,37,39,45H,11,16,23,25-26H2,1-4H3/t28-,32+,37+,39-,41+/m1/s1. The fraction of sp³-hybridized carbons (Fsp3) is 0.341. The number of para-hydroxylation sites is 2. The second-order valence-corrected chi connectivity index (χ2v) is 19.1. The third-order valence-corrected chi connectivity index (χ3v) is 15.8. The third kappa shape index (κ3) is 5.75. The van der Waals surface area contributed by atoms with Gasteiger partial charge < -0.3 is 19.5 Å². The van der Waals surface area contributed by atoms with Crippen LogP contribution in [-0.2, 0) is 24.7 Å². The summed E-state index contributed by atoms with van der Waals surface area (Å²) in [6, 6.07) is 32.5. The number of hydrogen-bond donors (Lipinski definition) is 1. The molecule has 3 aliphatic rings. The first-order chi connectivity index (χ1) is 24.6. The highest BCUT2D eigenvalue weighted by Crippen LogP contribution is 2.61. The van der Waals surface area contributed by atoms with Crippen molar-refractivity contribution in [3.05, 3.63) is 109 Å². The van der Waals surface area contributed by atoms with Crippen molar-refractivity contribution in [2.75, 3.05) is 30.1 Å². The Balaban J connectivity index is 1.39. The Kier molecular flexibility index (Phi) is 9.34. The number of rotatable bonds is 10. The van der Waals surface area contributed by atoms with Gasteiger partial charge in [0.1, 0.15) is 5.75 Å². The number of aliphatic hydroxyl groups is 1. The topological polar surface area (TPSA) is 99.6 Å². The lowest BCUT2D eigenvalue weighted by Crippen LogP contribution is -2.52. The van der Waals surface area contributed by atoms with E-state index in [2.05, 4.69) is 32.2 Å². The monoisotopic (exact) mass is 703 g/mol. The molecule has 5 atom stereocenters. The molecule has 2 fully saturated rings. The van der Waals surface area contributed by atoms with Crippen molar-refractivity contribution in [3.8, 4) is 5.75 Å². The lowest BCUT2D eigenvalue weighted by atomic mass is 9.82. The lowest BCUT2D eigenvalue weighted by molar-refractivity contribution is -0.149. The van der Waals surface area contributed by atoms with E-state index in [1.807, 2.05) is 91.0 Å². The van der Waals surface area contributed by atoms with Gasteiger partial charge in [-0.1, -0.05) is 73.7 Å². The first-order valence-corrected chi connectivity index (χ1v) is 20.8. The van der Waals surface area contributed by atoms with Gasteiger partial charge in [-0.25, -0.2) is 0 Å². The van der Waals surface area contributed by atoms with E-state index < -0.39 is 19.8 Å². The zero-order valence-corrected chi connectivity index (χ0v) is 30.6. The number of aliphatic hydroxyl groups excluding tert-OH is 1. The molecule has 1 N–H and O–H groups in total. The van der Waals surface area contributed by atoms with Crippen LogP contribution in [0.25, 0.3) is 0 Å². The fourth-order valence-electron chi connectivity index (χ4n) is 8.91. The zero-order chi connectivity index (χ0) is 35.9. The van der Waals surface area contributed by atoms with Gasteiger partial charge in [0.2, 0.25) is 12.3 Å². The smallest absolute Gasteiger partial charge is 0.268 e. The summed E-state index contributed by atoms with van der Waals surface area (Å²) in [6.07, 6.45) is 1.90. The molecule has 0 aliphatic carbocycles. The molecule has 1 spiro atoms. The highest BCUT2D eigenvalue weighted by Gasteiger charge is 2.67. The lowest BCUT2D eigenvalue weighted by Gasteiger charge is -2.37. The van der Waals surface area contributed by atoms with Crippen molar-refractivity contribution in [2.24, 2.45) is 5.92 Å². The maximum Gasteiger partial charge on any atom is 0.268 e. The van der Waals surface area contributed by atoms with E-state index in [9.17, 15) is 14.7 Å². The summed E-state index contributed by atoms with van der Waals surface area (Å²) in [5.74, 6) is 0.138. The van der Waals surface area contributed by atoms with Gasteiger partial charge >= 0.3 is 0 Å². The van der Waals surface area contributed by atoms with Gasteiger partial charge in [-0.3, -0.25) is 24.2 Å². The maximum absolute atomic E-state index is 15.3. The summed E-state index contributed by atoms with van der Waals surface area (Å²) in [4.78, 5) is 47.1. The highest BCUT2D eigenvalue weighted by atomic mass is 28.3. The van der Waals surface area contributed by atoms with Crippen LogP contribution >= 0.6 is 0 Å². The van der Waals surface area contributed by atoms with Crippen LogP contribution in [0.5, 0.6) is 5.75 Å². The molecule has 0 radical (unpaired) electrons. The Labute approximate surface area is 300 Å². The van der Waals surface area contributed by atoms with Crippen LogP contribution in [0.1, 0.15) is 31.7 Å². The number of methoxy groups -OCH3 is 1. The molecule has 0 saturated carbocycles. The molecule has 0 aromatic heterocycles. The molecule has 3 heterocycles. The first-order valence-electron chi connectivity index (χ1n) is 17.7. The van der Waals surface area contributed by atoms with Crippen molar-refractivity contribution >= 4 is 54.2 Å². The summed E-state index contributed by atoms with van der Waals surface area (Å²) in [7, 11) is -0.872. The molecule has 4 aromatic rings. The second kappa shape index (κ2) is 13.7. The predicted molar refractivity (Wildman–Crippen MR) is 201 cm³/mol. The van der Waals surface area contributed by atoms with Crippen molar-refractivity contribution in [2.45, 2.75) is 62.6 Å². The molecule has 3 aliphatic heterocycles. The average Bonchev–Trinajstić information content (AvgIpc) is 3.82. The number of amides is 3. The summed E-state index contributed by atoms with van der Waals surface area (Å²) in [5, 5.41) is 11.2. The Morgan fingerprint density at radius 2 is 1.69 bits per heavy atom. The van der Waals surface area contributed by atoms with E-state index in [4.69, 9.17) is 9.47 Å². The number of nitrogens with zero attached hydrogens (tertiary/aromatic N) is 3. The molecule has 3 amide bonds.